The van der Waals surface area contributed by atoms with Crippen molar-refractivity contribution in [2.75, 3.05) is 0 Å². The maximum Gasteiger partial charge on any atom is 0.316 e. The van der Waals surface area contributed by atoms with Gasteiger partial charge in [-0.05, 0) is 0 Å². The van der Waals surface area contributed by atoms with Gasteiger partial charge in [-0.15, -0.1) is 69.1 Å². The van der Waals surface area contributed by atoms with E-state index < -0.39 is 5.31 Å². The van der Waals surface area contributed by atoms with Crippen molar-refractivity contribution in [1.82, 2.24) is 0 Å². The van der Waals surface area contributed by atoms with E-state index in [9.17, 15) is 0 Å². The van der Waals surface area contributed by atoms with E-state index in [0.717, 1.165) is 0 Å². The summed E-state index contributed by atoms with van der Waals surface area (Å²) in [4.78, 5) is 0. The van der Waals surface area contributed by atoms with Crippen LogP contribution < -0.4 is 0 Å². The molecule has 0 aliphatic heterocycles. The molecule has 0 aromatic rings. The summed E-state index contributed by atoms with van der Waals surface area (Å²) in [7, 11) is 0. The summed E-state index contributed by atoms with van der Waals surface area (Å²) in [5.74, 6) is 0. The molecule has 9 heavy (non-hydrogen) atoms. The molecule has 0 atom stereocenters. The molecular formula is H6CaCl6MgSi. The maximum atomic E-state index is 4.97. The largest absolute Gasteiger partial charge is 0.316 e. The molecule has 0 saturated carbocycles. The molecule has 0 aromatic carbocycles. The monoisotopic (exact) mass is 308 g/mol. The quantitative estimate of drug-likeness (QED) is 0.468. The van der Waals surface area contributed by atoms with Crippen LogP contribution in [0, 0.1) is 0 Å². The number of hydrogen-bond donors (Lipinski definition) is 0. The molecule has 0 N–H and O–H groups in total. The van der Waals surface area contributed by atoms with Crippen molar-refractivity contribution in [1.29, 1.82) is 0 Å². The van der Waals surface area contributed by atoms with Gasteiger partial charge in [-0.25, -0.2) is 0 Å². The van der Waals surface area contributed by atoms with E-state index in [-0.39, 0.29) is 85.6 Å². The van der Waals surface area contributed by atoms with E-state index in [0.29, 0.717) is 0 Å². The third-order valence-electron chi connectivity index (χ3n) is 0. The fourth-order valence-electron chi connectivity index (χ4n) is 0. The van der Waals surface area contributed by atoms with Crippen molar-refractivity contribution in [2.24, 2.45) is 0 Å². The zero-order valence-electron chi connectivity index (χ0n) is 2.83. The van der Waals surface area contributed by atoms with Gasteiger partial charge in [0.25, 0.3) is 0 Å². The number of hydrogen-bond acceptors (Lipinski definition) is 0. The van der Waals surface area contributed by atoms with Crippen molar-refractivity contribution < 1.29 is 0 Å². The molecule has 0 saturated heterocycles. The minimum Gasteiger partial charge on any atom is 0.316 e. The Morgan fingerprint density at radius 2 is 0.778 bits per heavy atom. The fraction of sp³-hybridized carbons (Fsp3) is 0. The van der Waals surface area contributed by atoms with Gasteiger partial charge in [0.2, 0.25) is 0 Å². The normalized spacial score (nSPS) is 6.67. The zero-order chi connectivity index (χ0) is 4.50. The molecule has 0 bridgehead atoms. The Balaban J connectivity index is -0.0000000133. The predicted molar refractivity (Wildman–Crippen MR) is 60.8 cm³/mol. The van der Waals surface area contributed by atoms with Gasteiger partial charge in [0, 0.05) is 0 Å². The summed E-state index contributed by atoms with van der Waals surface area (Å²) >= 11 is 19.9. The SMILES string of the molecule is Cl.Cl.Cl[Si](Cl)(Cl)Cl.[CaH2].[MgH2]. The first-order valence-corrected chi connectivity index (χ1v) is 6.80. The fourth-order valence-corrected chi connectivity index (χ4v) is 0. The molecular weight excluding hydrogens is 305 g/mol. The summed E-state index contributed by atoms with van der Waals surface area (Å²) < 4.78 is 0. The van der Waals surface area contributed by atoms with E-state index in [4.69, 9.17) is 44.3 Å². The van der Waals surface area contributed by atoms with Gasteiger partial charge in [0.05, 0.1) is 0 Å². The Morgan fingerprint density at radius 3 is 0.778 bits per heavy atom. The second-order valence-corrected chi connectivity index (χ2v) is 11.6. The van der Waals surface area contributed by atoms with Gasteiger partial charge >= 0.3 is 66.1 Å². The van der Waals surface area contributed by atoms with Crippen LogP contribution in [-0.2, 0) is 0 Å². The van der Waals surface area contributed by atoms with Gasteiger partial charge < -0.3 is 0 Å². The summed E-state index contributed by atoms with van der Waals surface area (Å²) in [5, 5.41) is -2.72. The average molecular weight is 311 g/mol. The van der Waals surface area contributed by atoms with Gasteiger partial charge in [-0.2, -0.15) is 0 Å². The Hall–Kier alpha value is 3.98. The molecule has 0 aliphatic rings. The average Bonchev–Trinajstić information content (AvgIpc) is 0.722. The van der Waals surface area contributed by atoms with Gasteiger partial charge in [-0.1, -0.05) is 0 Å². The van der Waals surface area contributed by atoms with Crippen LogP contribution in [0.3, 0.4) is 0 Å². The van der Waals surface area contributed by atoms with Crippen molar-refractivity contribution in [3.63, 3.8) is 0 Å². The first-order chi connectivity index (χ1) is 2.00. The predicted octanol–water partition coefficient (Wildman–Crippen LogP) is 1.39. The summed E-state index contributed by atoms with van der Waals surface area (Å²) in [6.07, 6.45) is 0. The van der Waals surface area contributed by atoms with Crippen LogP contribution in [0.25, 0.3) is 0 Å². The van der Waals surface area contributed by atoms with Crippen molar-refractivity contribution in [3.8, 4) is 0 Å². The van der Waals surface area contributed by atoms with Crippen LogP contribution in [0.5, 0.6) is 0 Å². The van der Waals surface area contributed by atoms with Gasteiger partial charge in [0.1, 0.15) is 0 Å². The van der Waals surface area contributed by atoms with E-state index in [2.05, 4.69) is 0 Å². The Labute approximate surface area is 132 Å². The van der Waals surface area contributed by atoms with E-state index in [1.165, 1.54) is 0 Å². The van der Waals surface area contributed by atoms with E-state index >= 15 is 0 Å². The molecule has 9 heteroatoms. The zero-order valence-corrected chi connectivity index (χ0v) is 8.49. The Morgan fingerprint density at radius 1 is 0.778 bits per heavy atom. The van der Waals surface area contributed by atoms with Crippen LogP contribution in [-0.4, -0.2) is 66.1 Å². The molecule has 0 amide bonds. The molecule has 0 nitrogen and oxygen atoms in total. The topological polar surface area (TPSA) is 0 Å². The molecule has 0 unspecified atom stereocenters. The molecule has 0 radical (unpaired) electrons. The van der Waals surface area contributed by atoms with Crippen LogP contribution >= 0.6 is 69.1 Å². The summed E-state index contributed by atoms with van der Waals surface area (Å²) in [6.45, 7) is 0. The Bertz CT molecular complexity index is 28.5. The second kappa shape index (κ2) is 14.5. The minimum absolute atomic E-state index is 0. The molecule has 0 aliphatic carbocycles. The summed E-state index contributed by atoms with van der Waals surface area (Å²) in [5.41, 5.74) is 0. The molecule has 0 rings (SSSR count). The van der Waals surface area contributed by atoms with E-state index in [1.807, 2.05) is 0 Å². The van der Waals surface area contributed by atoms with Crippen LogP contribution in [0.2, 0.25) is 0 Å². The standard InChI is InChI=1S/Ca.Cl4Si.2ClH.Mg.4H/c;1-5(2,3)4;;;;;;;/h;;2*1H;;;;;. The van der Waals surface area contributed by atoms with Crippen LogP contribution in [0.1, 0.15) is 0 Å². The van der Waals surface area contributed by atoms with Crippen molar-refractivity contribution in [2.45, 2.75) is 0 Å². The second-order valence-electron chi connectivity index (χ2n) is 0.429. The van der Waals surface area contributed by atoms with Gasteiger partial charge in [0.15, 0.2) is 0 Å². The van der Waals surface area contributed by atoms with Crippen molar-refractivity contribution in [3.05, 3.63) is 0 Å². The van der Waals surface area contributed by atoms with E-state index in [1.54, 1.807) is 0 Å². The first-order valence-electron chi connectivity index (χ1n) is 0.756. The van der Waals surface area contributed by atoms with Gasteiger partial charge in [-0.3, -0.25) is 0 Å². The summed E-state index contributed by atoms with van der Waals surface area (Å²) in [6, 6.07) is 0. The maximum absolute atomic E-state index is 4.97. The first kappa shape index (κ1) is 29.3. The molecule has 0 heterocycles. The molecule has 0 fully saturated rings. The molecule has 56 valence electrons. The number of halogens is 6. The smallest absolute Gasteiger partial charge is 0.316 e. The van der Waals surface area contributed by atoms with Crippen molar-refractivity contribution >= 4 is 135 Å². The molecule has 0 aromatic heterocycles. The Kier molecular flexibility index (Phi) is 47.1. The third kappa shape index (κ3) is 75.3. The van der Waals surface area contributed by atoms with Crippen LogP contribution in [0.15, 0.2) is 0 Å². The number of rotatable bonds is 0. The van der Waals surface area contributed by atoms with Crippen LogP contribution in [0.4, 0.5) is 0 Å². The molecule has 0 spiro atoms. The third-order valence-corrected chi connectivity index (χ3v) is 0. The minimum atomic E-state index is -2.72.